The maximum absolute atomic E-state index is 13.1. The van der Waals surface area contributed by atoms with E-state index < -0.39 is 0 Å². The summed E-state index contributed by atoms with van der Waals surface area (Å²) in [6.07, 6.45) is 2.41. The summed E-state index contributed by atoms with van der Waals surface area (Å²) in [7, 11) is 0. The van der Waals surface area contributed by atoms with Crippen molar-refractivity contribution < 1.29 is 9.13 Å². The van der Waals surface area contributed by atoms with Crippen molar-refractivity contribution in [3.05, 3.63) is 29.6 Å². The molecule has 2 N–H and O–H groups in total. The smallest absolute Gasteiger partial charge is 0.170 e. The Morgan fingerprint density at radius 3 is 3.11 bits per heavy atom. The van der Waals surface area contributed by atoms with Crippen molar-refractivity contribution in [2.24, 2.45) is 0 Å². The van der Waals surface area contributed by atoms with E-state index in [1.807, 2.05) is 6.92 Å². The Morgan fingerprint density at radius 1 is 1.56 bits per heavy atom. The highest BCUT2D eigenvalue weighted by atomic mass is 32.1. The molecule has 3 nitrogen and oxygen atoms in total. The van der Waals surface area contributed by atoms with Crippen LogP contribution in [0.4, 0.5) is 10.1 Å². The van der Waals surface area contributed by atoms with Crippen LogP contribution in [-0.4, -0.2) is 24.4 Å². The van der Waals surface area contributed by atoms with Gasteiger partial charge in [-0.1, -0.05) is 6.07 Å². The molecule has 1 fully saturated rings. The zero-order chi connectivity index (χ0) is 13.0. The van der Waals surface area contributed by atoms with Gasteiger partial charge in [0.2, 0.25) is 0 Å². The fourth-order valence-corrected chi connectivity index (χ4v) is 2.10. The molecule has 0 spiro atoms. The van der Waals surface area contributed by atoms with Crippen molar-refractivity contribution in [2.75, 3.05) is 18.5 Å². The Hall–Kier alpha value is -1.20. The van der Waals surface area contributed by atoms with E-state index in [1.165, 1.54) is 12.1 Å². The average molecular weight is 268 g/mol. The van der Waals surface area contributed by atoms with Crippen LogP contribution in [0.2, 0.25) is 0 Å². The van der Waals surface area contributed by atoms with Gasteiger partial charge in [0.1, 0.15) is 5.82 Å². The first-order valence-electron chi connectivity index (χ1n) is 6.08. The standard InChI is InChI=1S/C13H17FN2OS/c1-9-4-5-10(14)7-12(9)16-13(18)15-8-11-3-2-6-17-11/h4-5,7,11H,2-3,6,8H2,1H3,(H2,15,16,18). The van der Waals surface area contributed by atoms with Gasteiger partial charge in [0.25, 0.3) is 0 Å². The first kappa shape index (κ1) is 13.2. The number of ether oxygens (including phenoxy) is 1. The number of nitrogens with one attached hydrogen (secondary N) is 2. The molecule has 1 heterocycles. The van der Waals surface area contributed by atoms with Crippen LogP contribution in [0.25, 0.3) is 0 Å². The van der Waals surface area contributed by atoms with Crippen LogP contribution in [0.3, 0.4) is 0 Å². The van der Waals surface area contributed by atoms with Gasteiger partial charge in [-0.25, -0.2) is 4.39 Å². The lowest BCUT2D eigenvalue weighted by atomic mass is 10.2. The minimum Gasteiger partial charge on any atom is -0.376 e. The highest BCUT2D eigenvalue weighted by Crippen LogP contribution is 2.16. The van der Waals surface area contributed by atoms with Crippen molar-refractivity contribution in [1.82, 2.24) is 5.32 Å². The first-order valence-corrected chi connectivity index (χ1v) is 6.48. The number of anilines is 1. The van der Waals surface area contributed by atoms with E-state index in [1.54, 1.807) is 6.07 Å². The predicted molar refractivity (Wildman–Crippen MR) is 74.3 cm³/mol. The maximum Gasteiger partial charge on any atom is 0.170 e. The van der Waals surface area contributed by atoms with Gasteiger partial charge in [-0.05, 0) is 49.7 Å². The van der Waals surface area contributed by atoms with Gasteiger partial charge >= 0.3 is 0 Å². The summed E-state index contributed by atoms with van der Waals surface area (Å²) < 4.78 is 18.6. The molecule has 1 aromatic rings. The van der Waals surface area contributed by atoms with E-state index >= 15 is 0 Å². The van der Waals surface area contributed by atoms with Gasteiger partial charge in [-0.15, -0.1) is 0 Å². The Kier molecular flexibility index (Phi) is 4.49. The van der Waals surface area contributed by atoms with Crippen LogP contribution in [-0.2, 0) is 4.74 Å². The van der Waals surface area contributed by atoms with Crippen molar-refractivity contribution in [1.29, 1.82) is 0 Å². The highest BCUT2D eigenvalue weighted by molar-refractivity contribution is 7.80. The van der Waals surface area contributed by atoms with Crippen LogP contribution in [0, 0.1) is 12.7 Å². The Balaban J connectivity index is 1.84. The molecular weight excluding hydrogens is 251 g/mol. The second-order valence-electron chi connectivity index (χ2n) is 4.43. The van der Waals surface area contributed by atoms with Gasteiger partial charge in [-0.2, -0.15) is 0 Å². The SMILES string of the molecule is Cc1ccc(F)cc1NC(=S)NCC1CCCO1. The number of hydrogen-bond acceptors (Lipinski definition) is 2. The summed E-state index contributed by atoms with van der Waals surface area (Å²) in [6.45, 7) is 3.43. The van der Waals surface area contributed by atoms with Crippen LogP contribution in [0.15, 0.2) is 18.2 Å². The van der Waals surface area contributed by atoms with Gasteiger partial charge in [0.15, 0.2) is 5.11 Å². The molecule has 0 aromatic heterocycles. The summed E-state index contributed by atoms with van der Waals surface area (Å²) in [6, 6.07) is 4.60. The summed E-state index contributed by atoms with van der Waals surface area (Å²) >= 11 is 5.17. The summed E-state index contributed by atoms with van der Waals surface area (Å²) in [5, 5.41) is 6.59. The molecule has 1 aliphatic rings. The molecule has 0 bridgehead atoms. The lowest BCUT2D eigenvalue weighted by Crippen LogP contribution is -2.35. The second-order valence-corrected chi connectivity index (χ2v) is 4.84. The van der Waals surface area contributed by atoms with Gasteiger partial charge in [-0.3, -0.25) is 0 Å². The van der Waals surface area contributed by atoms with Crippen LogP contribution in [0.5, 0.6) is 0 Å². The maximum atomic E-state index is 13.1. The van der Waals surface area contributed by atoms with Crippen molar-refractivity contribution >= 4 is 23.0 Å². The van der Waals surface area contributed by atoms with E-state index in [-0.39, 0.29) is 11.9 Å². The summed E-state index contributed by atoms with van der Waals surface area (Å²) in [5.74, 6) is -0.273. The fourth-order valence-electron chi connectivity index (χ4n) is 1.91. The molecule has 0 saturated carbocycles. The molecule has 1 unspecified atom stereocenters. The van der Waals surface area contributed by atoms with Crippen molar-refractivity contribution in [2.45, 2.75) is 25.9 Å². The van der Waals surface area contributed by atoms with Crippen molar-refractivity contribution in [3.8, 4) is 0 Å². The number of benzene rings is 1. The average Bonchev–Trinajstić information content (AvgIpc) is 2.84. The molecule has 5 heteroatoms. The monoisotopic (exact) mass is 268 g/mol. The number of rotatable bonds is 3. The normalized spacial score (nSPS) is 18.7. The van der Waals surface area contributed by atoms with E-state index in [9.17, 15) is 4.39 Å². The molecule has 98 valence electrons. The van der Waals surface area contributed by atoms with Gasteiger partial charge < -0.3 is 15.4 Å². The van der Waals surface area contributed by atoms with Crippen molar-refractivity contribution in [3.63, 3.8) is 0 Å². The summed E-state index contributed by atoms with van der Waals surface area (Å²) in [4.78, 5) is 0. The summed E-state index contributed by atoms with van der Waals surface area (Å²) in [5.41, 5.74) is 1.65. The van der Waals surface area contributed by atoms with E-state index in [4.69, 9.17) is 17.0 Å². The van der Waals surface area contributed by atoms with Crippen LogP contribution in [0.1, 0.15) is 18.4 Å². The molecule has 1 saturated heterocycles. The predicted octanol–water partition coefficient (Wildman–Crippen LogP) is 2.60. The van der Waals surface area contributed by atoms with Crippen LogP contribution >= 0.6 is 12.2 Å². The molecule has 2 rings (SSSR count). The molecule has 1 aromatic carbocycles. The Labute approximate surface area is 112 Å². The molecule has 0 radical (unpaired) electrons. The molecule has 0 amide bonds. The van der Waals surface area contributed by atoms with E-state index in [2.05, 4.69) is 10.6 Å². The van der Waals surface area contributed by atoms with Gasteiger partial charge in [0.05, 0.1) is 6.10 Å². The molecule has 18 heavy (non-hydrogen) atoms. The third-order valence-electron chi connectivity index (χ3n) is 2.96. The quantitative estimate of drug-likeness (QED) is 0.826. The first-order chi connectivity index (χ1) is 8.65. The molecular formula is C13H17FN2OS. The third kappa shape index (κ3) is 3.65. The second kappa shape index (κ2) is 6.11. The fraction of sp³-hybridized carbons (Fsp3) is 0.462. The number of hydrogen-bond donors (Lipinski definition) is 2. The zero-order valence-electron chi connectivity index (χ0n) is 10.3. The van der Waals surface area contributed by atoms with E-state index in [0.717, 1.165) is 25.0 Å². The lowest BCUT2D eigenvalue weighted by Gasteiger charge is -2.15. The third-order valence-corrected chi connectivity index (χ3v) is 3.21. The number of halogens is 1. The Morgan fingerprint density at radius 2 is 2.39 bits per heavy atom. The number of thiocarbonyl (C=S) groups is 1. The Bertz CT molecular complexity index is 433. The van der Waals surface area contributed by atoms with E-state index in [0.29, 0.717) is 17.3 Å². The lowest BCUT2D eigenvalue weighted by molar-refractivity contribution is 0.114. The minimum absolute atomic E-state index is 0.235. The topological polar surface area (TPSA) is 33.3 Å². The molecule has 0 aliphatic carbocycles. The minimum atomic E-state index is -0.273. The highest BCUT2D eigenvalue weighted by Gasteiger charge is 2.15. The largest absolute Gasteiger partial charge is 0.376 e. The molecule has 1 atom stereocenters. The zero-order valence-corrected chi connectivity index (χ0v) is 11.1. The van der Waals surface area contributed by atoms with Gasteiger partial charge in [0, 0.05) is 18.8 Å². The van der Waals surface area contributed by atoms with Crippen LogP contribution < -0.4 is 10.6 Å². The number of aryl methyl sites for hydroxylation is 1. The molecule has 1 aliphatic heterocycles.